The zero-order valence-electron chi connectivity index (χ0n) is 17.4. The predicted octanol–water partition coefficient (Wildman–Crippen LogP) is 3.03. The Labute approximate surface area is 170 Å². The number of halogens is 1. The van der Waals surface area contributed by atoms with Gasteiger partial charge in [-0.3, -0.25) is 14.6 Å². The van der Waals surface area contributed by atoms with Crippen molar-refractivity contribution in [2.75, 3.05) is 24.5 Å². The van der Waals surface area contributed by atoms with Gasteiger partial charge in [-0.1, -0.05) is 20.4 Å². The van der Waals surface area contributed by atoms with Crippen molar-refractivity contribution in [3.8, 4) is 5.69 Å². The second-order valence-electron chi connectivity index (χ2n) is 7.73. The van der Waals surface area contributed by atoms with Gasteiger partial charge < -0.3 is 9.80 Å². The average molecular weight is 398 g/mol. The van der Waals surface area contributed by atoms with Crippen LogP contribution in [0.3, 0.4) is 0 Å². The van der Waals surface area contributed by atoms with Gasteiger partial charge >= 0.3 is 0 Å². The number of rotatable bonds is 4. The number of hydrogen-bond acceptors (Lipinski definition) is 4. The van der Waals surface area contributed by atoms with E-state index < -0.39 is 11.5 Å². The zero-order valence-corrected chi connectivity index (χ0v) is 17.4. The standard InChI is InChI=1S/C22H27FN4O2/c1-6-19(28)25-11-12-26(16(5)13-25)17-7-8-18(23)27(22(17)29)21-15(4)9-10-24-20(21)14(2)3/h6-10,14,16H,1,11-13H2,2-5H3/t16-/m1/s1. The summed E-state index contributed by atoms with van der Waals surface area (Å²) in [5.41, 5.74) is 1.97. The Bertz CT molecular complexity index is 999. The number of aromatic nitrogens is 2. The molecule has 0 unspecified atom stereocenters. The minimum atomic E-state index is -0.620. The third-order valence-electron chi connectivity index (χ3n) is 5.36. The molecule has 0 spiro atoms. The predicted molar refractivity (Wildman–Crippen MR) is 112 cm³/mol. The summed E-state index contributed by atoms with van der Waals surface area (Å²) in [5.74, 6) is -0.710. The van der Waals surface area contributed by atoms with Crippen LogP contribution in [-0.2, 0) is 4.79 Å². The first kappa shape index (κ1) is 20.8. The van der Waals surface area contributed by atoms with E-state index in [0.29, 0.717) is 36.7 Å². The van der Waals surface area contributed by atoms with Gasteiger partial charge in [0, 0.05) is 31.9 Å². The fourth-order valence-electron chi connectivity index (χ4n) is 3.86. The molecule has 0 aliphatic carbocycles. The highest BCUT2D eigenvalue weighted by atomic mass is 19.1. The Morgan fingerprint density at radius 3 is 2.66 bits per heavy atom. The molecule has 6 nitrogen and oxygen atoms in total. The topological polar surface area (TPSA) is 58.4 Å². The van der Waals surface area contributed by atoms with Crippen LogP contribution in [0.15, 0.2) is 41.8 Å². The second-order valence-corrected chi connectivity index (χ2v) is 7.73. The number of carbonyl (C=O) groups excluding carboxylic acids is 1. The lowest BCUT2D eigenvalue weighted by atomic mass is 10.0. The summed E-state index contributed by atoms with van der Waals surface area (Å²) < 4.78 is 16.0. The SMILES string of the molecule is C=CC(=O)N1CCN(c2ccc(F)n(-c3c(C)ccnc3C(C)C)c2=O)[C@H](C)C1. The van der Waals surface area contributed by atoms with Crippen LogP contribution in [0.1, 0.15) is 37.9 Å². The first-order valence-electron chi connectivity index (χ1n) is 9.81. The third kappa shape index (κ3) is 3.81. The second kappa shape index (κ2) is 8.19. The van der Waals surface area contributed by atoms with Crippen molar-refractivity contribution in [1.29, 1.82) is 0 Å². The van der Waals surface area contributed by atoms with Crippen molar-refractivity contribution < 1.29 is 9.18 Å². The molecule has 3 heterocycles. The van der Waals surface area contributed by atoms with E-state index in [4.69, 9.17) is 0 Å². The Morgan fingerprint density at radius 2 is 2.03 bits per heavy atom. The van der Waals surface area contributed by atoms with Crippen LogP contribution < -0.4 is 10.5 Å². The van der Waals surface area contributed by atoms with Crippen molar-refractivity contribution in [3.05, 3.63) is 64.6 Å². The summed E-state index contributed by atoms with van der Waals surface area (Å²) in [6.07, 6.45) is 2.98. The molecule has 7 heteroatoms. The number of piperazine rings is 1. The third-order valence-corrected chi connectivity index (χ3v) is 5.36. The van der Waals surface area contributed by atoms with Gasteiger partial charge in [0.1, 0.15) is 5.69 Å². The lowest BCUT2D eigenvalue weighted by molar-refractivity contribution is -0.126. The maximum absolute atomic E-state index is 14.9. The van der Waals surface area contributed by atoms with Crippen LogP contribution in [0, 0.1) is 12.9 Å². The molecule has 2 aromatic rings. The van der Waals surface area contributed by atoms with Gasteiger partial charge in [-0.15, -0.1) is 0 Å². The molecule has 2 aromatic heterocycles. The first-order valence-corrected chi connectivity index (χ1v) is 9.81. The fraction of sp³-hybridized carbons (Fsp3) is 0.409. The van der Waals surface area contributed by atoms with Crippen LogP contribution in [0.25, 0.3) is 5.69 Å². The molecular formula is C22H27FN4O2. The molecule has 0 aromatic carbocycles. The Hall–Kier alpha value is -2.96. The molecule has 0 saturated carbocycles. The van der Waals surface area contributed by atoms with Crippen LogP contribution in [0.4, 0.5) is 10.1 Å². The highest BCUT2D eigenvalue weighted by Crippen LogP contribution is 2.25. The van der Waals surface area contributed by atoms with E-state index in [-0.39, 0.29) is 17.9 Å². The molecule has 0 N–H and O–H groups in total. The summed E-state index contributed by atoms with van der Waals surface area (Å²) in [5, 5.41) is 0. The zero-order chi connectivity index (χ0) is 21.3. The maximum Gasteiger partial charge on any atom is 0.280 e. The van der Waals surface area contributed by atoms with Crippen LogP contribution >= 0.6 is 0 Å². The van der Waals surface area contributed by atoms with E-state index in [1.54, 1.807) is 17.2 Å². The summed E-state index contributed by atoms with van der Waals surface area (Å²) in [7, 11) is 0. The molecule has 1 amide bonds. The van der Waals surface area contributed by atoms with Crippen molar-refractivity contribution in [1.82, 2.24) is 14.5 Å². The van der Waals surface area contributed by atoms with E-state index in [2.05, 4.69) is 11.6 Å². The van der Waals surface area contributed by atoms with E-state index in [0.717, 1.165) is 10.1 Å². The molecule has 1 fully saturated rings. The fourth-order valence-corrected chi connectivity index (χ4v) is 3.86. The van der Waals surface area contributed by atoms with Crippen molar-refractivity contribution in [2.24, 2.45) is 0 Å². The maximum atomic E-state index is 14.9. The smallest absolute Gasteiger partial charge is 0.280 e. The van der Waals surface area contributed by atoms with Crippen LogP contribution in [0.5, 0.6) is 0 Å². The number of pyridine rings is 2. The monoisotopic (exact) mass is 398 g/mol. The molecule has 1 aliphatic rings. The van der Waals surface area contributed by atoms with Crippen LogP contribution in [0.2, 0.25) is 0 Å². The lowest BCUT2D eigenvalue weighted by Gasteiger charge is -2.40. The average Bonchev–Trinajstić information content (AvgIpc) is 2.69. The molecule has 154 valence electrons. The number of hydrogen-bond donors (Lipinski definition) is 0. The van der Waals surface area contributed by atoms with Crippen molar-refractivity contribution in [3.63, 3.8) is 0 Å². The summed E-state index contributed by atoms with van der Waals surface area (Å²) in [6, 6.07) is 4.54. The minimum Gasteiger partial charge on any atom is -0.361 e. The van der Waals surface area contributed by atoms with Crippen molar-refractivity contribution in [2.45, 2.75) is 39.7 Å². The molecule has 1 atom stereocenters. The van der Waals surface area contributed by atoms with Gasteiger partial charge in [0.15, 0.2) is 0 Å². The van der Waals surface area contributed by atoms with Crippen LogP contribution in [-0.4, -0.2) is 46.0 Å². The van der Waals surface area contributed by atoms with Gasteiger partial charge in [-0.25, -0.2) is 4.57 Å². The van der Waals surface area contributed by atoms with E-state index in [1.807, 2.05) is 32.6 Å². The first-order chi connectivity index (χ1) is 13.8. The normalized spacial score (nSPS) is 17.0. The molecule has 1 aliphatic heterocycles. The highest BCUT2D eigenvalue weighted by molar-refractivity contribution is 5.87. The van der Waals surface area contributed by atoms with Gasteiger partial charge in [0.2, 0.25) is 11.9 Å². The molecule has 0 radical (unpaired) electrons. The Kier molecular flexibility index (Phi) is 5.86. The van der Waals surface area contributed by atoms with Crippen molar-refractivity contribution >= 4 is 11.6 Å². The number of anilines is 1. The molecule has 29 heavy (non-hydrogen) atoms. The molecule has 0 bridgehead atoms. The largest absolute Gasteiger partial charge is 0.361 e. The van der Waals surface area contributed by atoms with E-state index >= 15 is 0 Å². The summed E-state index contributed by atoms with van der Waals surface area (Å²) in [6.45, 7) is 12.7. The number of nitrogens with zero attached hydrogens (tertiary/aromatic N) is 4. The Balaban J connectivity index is 2.08. The summed E-state index contributed by atoms with van der Waals surface area (Å²) in [4.78, 5) is 33.3. The van der Waals surface area contributed by atoms with Gasteiger partial charge in [-0.05, 0) is 49.6 Å². The quantitative estimate of drug-likeness (QED) is 0.587. The molecule has 1 saturated heterocycles. The summed E-state index contributed by atoms with van der Waals surface area (Å²) >= 11 is 0. The lowest BCUT2D eigenvalue weighted by Crippen LogP contribution is -2.54. The van der Waals surface area contributed by atoms with E-state index in [9.17, 15) is 14.0 Å². The number of aryl methyl sites for hydroxylation is 1. The van der Waals surface area contributed by atoms with Gasteiger partial charge in [-0.2, -0.15) is 4.39 Å². The highest BCUT2D eigenvalue weighted by Gasteiger charge is 2.29. The van der Waals surface area contributed by atoms with Gasteiger partial charge in [0.25, 0.3) is 5.56 Å². The van der Waals surface area contributed by atoms with E-state index in [1.165, 1.54) is 18.2 Å². The van der Waals surface area contributed by atoms with Gasteiger partial charge in [0.05, 0.1) is 11.4 Å². The number of amides is 1. The number of carbonyl (C=O) groups is 1. The Morgan fingerprint density at radius 1 is 1.31 bits per heavy atom. The minimum absolute atomic E-state index is 0.0345. The molecule has 3 rings (SSSR count). The molecular weight excluding hydrogens is 371 g/mol.